The van der Waals surface area contributed by atoms with Crippen LogP contribution in [0.4, 0.5) is 5.69 Å². The van der Waals surface area contributed by atoms with Crippen LogP contribution in [0.2, 0.25) is 0 Å². The summed E-state index contributed by atoms with van der Waals surface area (Å²) in [4.78, 5) is 12.2. The Morgan fingerprint density at radius 1 is 1.41 bits per heavy atom. The SMILES string of the molecule is CC(CN(C)CCO)c1ccc([N+](=O)[O-])cc1. The van der Waals surface area contributed by atoms with Gasteiger partial charge in [-0.25, -0.2) is 0 Å². The topological polar surface area (TPSA) is 66.6 Å². The second kappa shape index (κ2) is 6.32. The van der Waals surface area contributed by atoms with E-state index in [1.54, 1.807) is 12.1 Å². The van der Waals surface area contributed by atoms with Gasteiger partial charge in [0.25, 0.3) is 5.69 Å². The average Bonchev–Trinajstić information content (AvgIpc) is 2.29. The van der Waals surface area contributed by atoms with Crippen LogP contribution in [-0.4, -0.2) is 41.7 Å². The van der Waals surface area contributed by atoms with Crippen LogP contribution in [0.5, 0.6) is 0 Å². The van der Waals surface area contributed by atoms with E-state index in [1.165, 1.54) is 12.1 Å². The average molecular weight is 238 g/mol. The summed E-state index contributed by atoms with van der Waals surface area (Å²) in [6.07, 6.45) is 0. The lowest BCUT2D eigenvalue weighted by Gasteiger charge is -2.20. The quantitative estimate of drug-likeness (QED) is 0.604. The Bertz CT molecular complexity index is 365. The number of nitrogens with zero attached hydrogens (tertiary/aromatic N) is 2. The van der Waals surface area contributed by atoms with Crippen molar-refractivity contribution in [2.45, 2.75) is 12.8 Å². The molecule has 1 rings (SSSR count). The molecule has 0 amide bonds. The van der Waals surface area contributed by atoms with Crippen molar-refractivity contribution < 1.29 is 10.0 Å². The highest BCUT2D eigenvalue weighted by Gasteiger charge is 2.10. The van der Waals surface area contributed by atoms with Gasteiger partial charge >= 0.3 is 0 Å². The maximum atomic E-state index is 10.5. The minimum Gasteiger partial charge on any atom is -0.395 e. The monoisotopic (exact) mass is 238 g/mol. The highest BCUT2D eigenvalue weighted by atomic mass is 16.6. The maximum Gasteiger partial charge on any atom is 0.269 e. The van der Waals surface area contributed by atoms with Crippen molar-refractivity contribution in [2.24, 2.45) is 0 Å². The Balaban J connectivity index is 2.63. The van der Waals surface area contributed by atoms with Crippen LogP contribution >= 0.6 is 0 Å². The fraction of sp³-hybridized carbons (Fsp3) is 0.500. The number of benzene rings is 1. The van der Waals surface area contributed by atoms with Crippen molar-refractivity contribution in [3.8, 4) is 0 Å². The summed E-state index contributed by atoms with van der Waals surface area (Å²) in [6.45, 7) is 3.66. The number of likely N-dealkylation sites (N-methyl/N-ethyl adjacent to an activating group) is 1. The van der Waals surface area contributed by atoms with E-state index in [0.717, 1.165) is 12.1 Å². The predicted molar refractivity (Wildman–Crippen MR) is 66.1 cm³/mol. The zero-order valence-electron chi connectivity index (χ0n) is 10.2. The summed E-state index contributed by atoms with van der Waals surface area (Å²) in [6, 6.07) is 6.63. The second-order valence-electron chi connectivity index (χ2n) is 4.24. The molecule has 17 heavy (non-hydrogen) atoms. The smallest absolute Gasteiger partial charge is 0.269 e. The normalized spacial score (nSPS) is 12.7. The summed E-state index contributed by atoms with van der Waals surface area (Å²) < 4.78 is 0. The van der Waals surface area contributed by atoms with Gasteiger partial charge in [-0.05, 0) is 18.5 Å². The number of aliphatic hydroxyl groups excluding tert-OH is 1. The first-order chi connectivity index (χ1) is 8.04. The Labute approximate surface area is 101 Å². The van der Waals surface area contributed by atoms with Crippen molar-refractivity contribution in [3.05, 3.63) is 39.9 Å². The van der Waals surface area contributed by atoms with Gasteiger partial charge in [0, 0.05) is 25.2 Å². The van der Waals surface area contributed by atoms with Gasteiger partial charge in [0.2, 0.25) is 0 Å². The summed E-state index contributed by atoms with van der Waals surface area (Å²) in [5.41, 5.74) is 1.19. The molecule has 1 atom stereocenters. The molecule has 0 fully saturated rings. The van der Waals surface area contributed by atoms with Crippen molar-refractivity contribution >= 4 is 5.69 Å². The van der Waals surface area contributed by atoms with Gasteiger partial charge in [-0.2, -0.15) is 0 Å². The number of aliphatic hydroxyl groups is 1. The lowest BCUT2D eigenvalue weighted by atomic mass is 10.0. The van der Waals surface area contributed by atoms with Crippen molar-refractivity contribution in [3.63, 3.8) is 0 Å². The van der Waals surface area contributed by atoms with E-state index in [4.69, 9.17) is 5.11 Å². The lowest BCUT2D eigenvalue weighted by molar-refractivity contribution is -0.384. The van der Waals surface area contributed by atoms with Crippen molar-refractivity contribution in [2.75, 3.05) is 26.7 Å². The van der Waals surface area contributed by atoms with E-state index in [2.05, 4.69) is 6.92 Å². The zero-order chi connectivity index (χ0) is 12.8. The van der Waals surface area contributed by atoms with Gasteiger partial charge in [-0.15, -0.1) is 0 Å². The molecule has 0 spiro atoms. The van der Waals surface area contributed by atoms with Crippen LogP contribution in [0.1, 0.15) is 18.4 Å². The molecule has 0 aromatic heterocycles. The largest absolute Gasteiger partial charge is 0.395 e. The Kier molecular flexibility index (Phi) is 5.06. The van der Waals surface area contributed by atoms with Crippen LogP contribution in [0, 0.1) is 10.1 Å². The van der Waals surface area contributed by atoms with E-state index >= 15 is 0 Å². The third kappa shape index (κ3) is 4.13. The molecule has 94 valence electrons. The standard InChI is InChI=1S/C12H18N2O3/c1-10(9-13(2)7-8-15)11-3-5-12(6-4-11)14(16)17/h3-6,10,15H,7-9H2,1-2H3. The van der Waals surface area contributed by atoms with Gasteiger partial charge < -0.3 is 10.0 Å². The van der Waals surface area contributed by atoms with Crippen LogP contribution in [0.15, 0.2) is 24.3 Å². The highest BCUT2D eigenvalue weighted by Crippen LogP contribution is 2.19. The van der Waals surface area contributed by atoms with Crippen molar-refractivity contribution in [1.29, 1.82) is 0 Å². The molecule has 0 bridgehead atoms. The third-order valence-electron chi connectivity index (χ3n) is 2.74. The Hall–Kier alpha value is -1.46. The molecule has 5 heteroatoms. The molecular weight excluding hydrogens is 220 g/mol. The molecule has 0 heterocycles. The Morgan fingerprint density at radius 2 is 2.00 bits per heavy atom. The first kappa shape index (κ1) is 13.6. The van der Waals surface area contributed by atoms with Crippen LogP contribution < -0.4 is 0 Å². The van der Waals surface area contributed by atoms with Crippen LogP contribution in [-0.2, 0) is 0 Å². The van der Waals surface area contributed by atoms with Gasteiger partial charge in [0.05, 0.1) is 11.5 Å². The molecular formula is C12H18N2O3. The van der Waals surface area contributed by atoms with Crippen molar-refractivity contribution in [1.82, 2.24) is 4.90 Å². The van der Waals surface area contributed by atoms with Gasteiger partial charge in [-0.3, -0.25) is 10.1 Å². The van der Waals surface area contributed by atoms with Gasteiger partial charge in [0.15, 0.2) is 0 Å². The fourth-order valence-corrected chi connectivity index (χ4v) is 1.76. The summed E-state index contributed by atoms with van der Waals surface area (Å²) in [7, 11) is 1.94. The molecule has 0 aliphatic rings. The first-order valence-corrected chi connectivity index (χ1v) is 5.58. The molecule has 1 aromatic carbocycles. The molecule has 5 nitrogen and oxygen atoms in total. The van der Waals surface area contributed by atoms with E-state index in [9.17, 15) is 10.1 Å². The molecule has 0 radical (unpaired) electrons. The van der Waals surface area contributed by atoms with E-state index < -0.39 is 4.92 Å². The van der Waals surface area contributed by atoms with E-state index in [0.29, 0.717) is 6.54 Å². The molecule has 0 saturated carbocycles. The van der Waals surface area contributed by atoms with Crippen LogP contribution in [0.3, 0.4) is 0 Å². The summed E-state index contributed by atoms with van der Waals surface area (Å²) in [5.74, 6) is 0.285. The lowest BCUT2D eigenvalue weighted by Crippen LogP contribution is -2.26. The van der Waals surface area contributed by atoms with Gasteiger partial charge in [-0.1, -0.05) is 19.1 Å². The molecule has 0 aliphatic carbocycles. The Morgan fingerprint density at radius 3 is 2.47 bits per heavy atom. The second-order valence-corrected chi connectivity index (χ2v) is 4.24. The summed E-state index contributed by atoms with van der Waals surface area (Å²) >= 11 is 0. The molecule has 1 aromatic rings. The minimum atomic E-state index is -0.396. The number of nitro groups is 1. The zero-order valence-corrected chi connectivity index (χ0v) is 10.2. The first-order valence-electron chi connectivity index (χ1n) is 5.58. The van der Waals surface area contributed by atoms with Gasteiger partial charge in [0.1, 0.15) is 0 Å². The number of nitro benzene ring substituents is 1. The number of hydrogen-bond donors (Lipinski definition) is 1. The van der Waals surface area contributed by atoms with E-state index in [1.807, 2.05) is 11.9 Å². The molecule has 1 N–H and O–H groups in total. The summed E-state index contributed by atoms with van der Waals surface area (Å²) in [5, 5.41) is 19.3. The molecule has 0 saturated heterocycles. The molecule has 0 aliphatic heterocycles. The minimum absolute atomic E-state index is 0.115. The molecule has 1 unspecified atom stereocenters. The number of non-ortho nitro benzene ring substituents is 1. The fourth-order valence-electron chi connectivity index (χ4n) is 1.76. The maximum absolute atomic E-state index is 10.5. The number of rotatable bonds is 6. The predicted octanol–water partition coefficient (Wildman–Crippen LogP) is 1.62. The highest BCUT2D eigenvalue weighted by molar-refractivity contribution is 5.34. The number of hydrogen-bond acceptors (Lipinski definition) is 4. The third-order valence-corrected chi connectivity index (χ3v) is 2.74. The van der Waals surface area contributed by atoms with E-state index in [-0.39, 0.29) is 18.2 Å². The van der Waals surface area contributed by atoms with Crippen LogP contribution in [0.25, 0.3) is 0 Å².